The van der Waals surface area contributed by atoms with Crippen LogP contribution < -0.4 is 4.90 Å². The number of carbonyl (C=O) groups is 2. The van der Waals surface area contributed by atoms with Gasteiger partial charge in [-0.15, -0.1) is 0 Å². The van der Waals surface area contributed by atoms with Crippen molar-refractivity contribution in [2.24, 2.45) is 0 Å². The van der Waals surface area contributed by atoms with E-state index in [4.69, 9.17) is 19.8 Å². The van der Waals surface area contributed by atoms with E-state index in [1.807, 2.05) is 35.2 Å². The van der Waals surface area contributed by atoms with Crippen molar-refractivity contribution < 1.29 is 46.1 Å². The van der Waals surface area contributed by atoms with Crippen molar-refractivity contribution in [2.45, 2.75) is 18.9 Å². The number of rotatable bonds is 3. The summed E-state index contributed by atoms with van der Waals surface area (Å²) in [6.45, 7) is 4.74. The Kier molecular flexibility index (Phi) is 9.48. The summed E-state index contributed by atoms with van der Waals surface area (Å²) in [7, 11) is 0. The summed E-state index contributed by atoms with van der Waals surface area (Å²) < 4.78 is 65.3. The van der Waals surface area contributed by atoms with Crippen LogP contribution in [0.2, 0.25) is 0 Å². The Hall–Kier alpha value is -4.02. The van der Waals surface area contributed by atoms with Crippen LogP contribution in [-0.2, 0) is 16.1 Å². The van der Waals surface area contributed by atoms with E-state index in [1.165, 1.54) is 5.56 Å². The predicted octanol–water partition coefficient (Wildman–Crippen LogP) is 2.11. The highest BCUT2D eigenvalue weighted by Gasteiger charge is 2.38. The topological polar surface area (TPSA) is 137 Å². The molecule has 11 nitrogen and oxygen atoms in total. The molecule has 4 heterocycles. The molecule has 0 unspecified atom stereocenters. The molecular weight excluding hydrogens is 504 g/mol. The molecule has 1 aliphatic heterocycles. The van der Waals surface area contributed by atoms with Gasteiger partial charge in [-0.2, -0.15) is 31.4 Å². The average Bonchev–Trinajstić information content (AvgIpc) is 3.22. The monoisotopic (exact) mass is 523 g/mol. The first kappa shape index (κ1) is 28.2. The minimum atomic E-state index is -5.08. The molecule has 17 heteroatoms. The maximum Gasteiger partial charge on any atom is 0.490 e. The zero-order valence-corrected chi connectivity index (χ0v) is 18.2. The molecule has 0 aliphatic carbocycles. The molecule has 196 valence electrons. The Morgan fingerprint density at radius 3 is 1.83 bits per heavy atom. The lowest BCUT2D eigenvalue weighted by Gasteiger charge is -2.34. The molecule has 0 saturated carbocycles. The summed E-state index contributed by atoms with van der Waals surface area (Å²) in [5, 5.41) is 18.6. The molecule has 1 fully saturated rings. The van der Waals surface area contributed by atoms with Gasteiger partial charge in [0.05, 0.1) is 6.20 Å². The molecule has 0 spiro atoms. The van der Waals surface area contributed by atoms with Crippen LogP contribution in [0, 0.1) is 0 Å². The Morgan fingerprint density at radius 2 is 1.33 bits per heavy atom. The zero-order chi connectivity index (χ0) is 26.9. The van der Waals surface area contributed by atoms with Gasteiger partial charge < -0.3 is 15.1 Å². The van der Waals surface area contributed by atoms with Gasteiger partial charge in [-0.25, -0.2) is 29.1 Å². The normalized spacial score (nSPS) is 14.3. The molecule has 0 aromatic carbocycles. The Bertz CT molecular complexity index is 1110. The minimum absolute atomic E-state index is 0.819. The van der Waals surface area contributed by atoms with E-state index in [0.29, 0.717) is 0 Å². The SMILES string of the molecule is O=C(O)C(F)(F)F.O=C(O)C(F)(F)F.c1cnc(N2CCN(Cc3cnn4cccnc34)CC2)nc1. The zero-order valence-electron chi connectivity index (χ0n) is 18.2. The number of piperazine rings is 1. The fraction of sp³-hybridized carbons (Fsp3) is 0.368. The van der Waals surface area contributed by atoms with Crippen molar-refractivity contribution in [3.8, 4) is 0 Å². The van der Waals surface area contributed by atoms with E-state index in [0.717, 1.165) is 44.3 Å². The number of aromatic nitrogens is 5. The first-order valence-corrected chi connectivity index (χ1v) is 9.91. The van der Waals surface area contributed by atoms with E-state index >= 15 is 0 Å². The maximum atomic E-state index is 10.6. The smallest absolute Gasteiger partial charge is 0.475 e. The average molecular weight is 523 g/mol. The van der Waals surface area contributed by atoms with Crippen LogP contribution in [0.5, 0.6) is 0 Å². The molecule has 0 amide bonds. The van der Waals surface area contributed by atoms with Gasteiger partial charge in [0.25, 0.3) is 0 Å². The van der Waals surface area contributed by atoms with Crippen molar-refractivity contribution in [1.29, 1.82) is 0 Å². The van der Waals surface area contributed by atoms with Crippen LogP contribution in [0.3, 0.4) is 0 Å². The van der Waals surface area contributed by atoms with Gasteiger partial charge in [0.15, 0.2) is 5.65 Å². The largest absolute Gasteiger partial charge is 0.490 e. The van der Waals surface area contributed by atoms with E-state index in [9.17, 15) is 26.3 Å². The molecule has 2 N–H and O–H groups in total. The Labute approximate surface area is 198 Å². The lowest BCUT2D eigenvalue weighted by Crippen LogP contribution is -2.46. The molecule has 36 heavy (non-hydrogen) atoms. The molecule has 4 rings (SSSR count). The van der Waals surface area contributed by atoms with Gasteiger partial charge in [-0.05, 0) is 12.1 Å². The third-order valence-corrected chi connectivity index (χ3v) is 4.44. The van der Waals surface area contributed by atoms with Crippen molar-refractivity contribution in [1.82, 2.24) is 29.5 Å². The van der Waals surface area contributed by atoms with Crippen LogP contribution in [0.4, 0.5) is 32.3 Å². The van der Waals surface area contributed by atoms with Gasteiger partial charge >= 0.3 is 24.3 Å². The first-order chi connectivity index (χ1) is 16.8. The molecule has 0 atom stereocenters. The van der Waals surface area contributed by atoms with Crippen molar-refractivity contribution in [2.75, 3.05) is 31.1 Å². The number of hydrogen-bond acceptors (Lipinski definition) is 8. The summed E-state index contributed by atoms with van der Waals surface area (Å²) in [6.07, 6.45) is -0.935. The van der Waals surface area contributed by atoms with Crippen LogP contribution in [0.1, 0.15) is 5.56 Å². The highest BCUT2D eigenvalue weighted by Crippen LogP contribution is 2.15. The summed E-state index contributed by atoms with van der Waals surface area (Å²) in [4.78, 5) is 35.5. The second-order valence-corrected chi connectivity index (χ2v) is 6.98. The number of nitrogens with zero attached hydrogens (tertiary/aromatic N) is 7. The second kappa shape index (κ2) is 12.1. The number of fused-ring (bicyclic) bond motifs is 1. The molecule has 1 saturated heterocycles. The van der Waals surface area contributed by atoms with E-state index in [-0.39, 0.29) is 0 Å². The summed E-state index contributed by atoms with van der Waals surface area (Å²) in [5.41, 5.74) is 2.11. The molecule has 3 aromatic heterocycles. The fourth-order valence-electron chi connectivity index (χ4n) is 2.79. The minimum Gasteiger partial charge on any atom is -0.475 e. The van der Waals surface area contributed by atoms with E-state index in [1.54, 1.807) is 12.4 Å². The molecule has 0 radical (unpaired) electrons. The van der Waals surface area contributed by atoms with Crippen LogP contribution in [0.25, 0.3) is 5.65 Å². The van der Waals surface area contributed by atoms with Gasteiger partial charge in [0.1, 0.15) is 0 Å². The van der Waals surface area contributed by atoms with Crippen LogP contribution in [0.15, 0.2) is 43.1 Å². The van der Waals surface area contributed by atoms with Crippen molar-refractivity contribution in [3.05, 3.63) is 48.7 Å². The molecular formula is C19H19F6N7O4. The standard InChI is InChI=1S/C15H17N7.2C2HF3O2/c1-3-17-15(18-4-1)21-9-7-20(8-10-21)12-13-11-19-22-6-2-5-16-14(13)22;2*3-2(4,5)1(6)7/h1-6,11H,7-10,12H2;2*(H,6,7). The number of anilines is 1. The first-order valence-electron chi connectivity index (χ1n) is 9.91. The van der Waals surface area contributed by atoms with Crippen molar-refractivity contribution >= 4 is 23.5 Å². The summed E-state index contributed by atoms with van der Waals surface area (Å²) in [6, 6.07) is 3.74. The molecule has 3 aromatic rings. The van der Waals surface area contributed by atoms with Gasteiger partial charge in [0.2, 0.25) is 5.95 Å². The maximum absolute atomic E-state index is 10.6. The number of halogens is 6. The highest BCUT2D eigenvalue weighted by molar-refractivity contribution is 5.73. The predicted molar refractivity (Wildman–Crippen MR) is 110 cm³/mol. The number of hydrogen-bond donors (Lipinski definition) is 2. The highest BCUT2D eigenvalue weighted by atomic mass is 19.4. The second-order valence-electron chi connectivity index (χ2n) is 6.98. The quantitative estimate of drug-likeness (QED) is 0.491. The lowest BCUT2D eigenvalue weighted by atomic mass is 10.2. The summed E-state index contributed by atoms with van der Waals surface area (Å²) >= 11 is 0. The Balaban J connectivity index is 0.000000271. The number of carboxylic acid groups (broad SMARTS) is 2. The van der Waals surface area contributed by atoms with Crippen molar-refractivity contribution in [3.63, 3.8) is 0 Å². The fourth-order valence-corrected chi connectivity index (χ4v) is 2.79. The van der Waals surface area contributed by atoms with Crippen LogP contribution >= 0.6 is 0 Å². The third kappa shape index (κ3) is 8.64. The number of alkyl halides is 6. The third-order valence-electron chi connectivity index (χ3n) is 4.44. The number of carboxylic acids is 2. The van der Waals surface area contributed by atoms with Crippen LogP contribution in [-0.4, -0.2) is 90.1 Å². The Morgan fingerprint density at radius 1 is 0.833 bits per heavy atom. The molecule has 0 bridgehead atoms. The van der Waals surface area contributed by atoms with E-state index in [2.05, 4.69) is 29.9 Å². The van der Waals surface area contributed by atoms with Gasteiger partial charge in [-0.1, -0.05) is 0 Å². The summed E-state index contributed by atoms with van der Waals surface area (Å²) in [5.74, 6) is -4.69. The van der Waals surface area contributed by atoms with Gasteiger partial charge in [-0.3, -0.25) is 4.90 Å². The molecule has 1 aliphatic rings. The van der Waals surface area contributed by atoms with Gasteiger partial charge in [0, 0.05) is 63.1 Å². The lowest BCUT2D eigenvalue weighted by molar-refractivity contribution is -0.193. The number of aliphatic carboxylic acids is 2. The van der Waals surface area contributed by atoms with E-state index < -0.39 is 24.3 Å².